The average molecular weight is 440 g/mol. The summed E-state index contributed by atoms with van der Waals surface area (Å²) < 4.78 is 0. The summed E-state index contributed by atoms with van der Waals surface area (Å²) in [6.07, 6.45) is 26.0. The van der Waals surface area contributed by atoms with Crippen LogP contribution in [0.4, 0.5) is 0 Å². The van der Waals surface area contributed by atoms with E-state index in [1.54, 1.807) is 6.08 Å². The van der Waals surface area contributed by atoms with Crippen molar-refractivity contribution >= 4 is 5.91 Å². The monoisotopic (exact) mass is 439 g/mol. The molecule has 0 aliphatic carbocycles. The van der Waals surface area contributed by atoms with Gasteiger partial charge in [0, 0.05) is 6.42 Å². The third-order valence-corrected chi connectivity index (χ3v) is 6.02. The van der Waals surface area contributed by atoms with Gasteiger partial charge in [0.2, 0.25) is 5.91 Å². The van der Waals surface area contributed by atoms with E-state index in [2.05, 4.69) is 19.2 Å². The Kier molecular flexibility index (Phi) is 23.1. The van der Waals surface area contributed by atoms with Gasteiger partial charge in [-0.1, -0.05) is 129 Å². The molecule has 0 bridgehead atoms. The molecule has 0 rings (SSSR count). The Morgan fingerprint density at radius 3 is 1.65 bits per heavy atom. The first-order chi connectivity index (χ1) is 15.2. The Bertz CT molecular complexity index is 411. The van der Waals surface area contributed by atoms with Crippen LogP contribution in [0.3, 0.4) is 0 Å². The van der Waals surface area contributed by atoms with Gasteiger partial charge >= 0.3 is 0 Å². The highest BCUT2D eigenvalue weighted by Gasteiger charge is 2.17. The van der Waals surface area contributed by atoms with Crippen molar-refractivity contribution in [3.63, 3.8) is 0 Å². The smallest absolute Gasteiger partial charge is 0.220 e. The third-order valence-electron chi connectivity index (χ3n) is 6.02. The van der Waals surface area contributed by atoms with Gasteiger partial charge in [0.1, 0.15) is 0 Å². The number of aliphatic hydroxyl groups excluding tert-OH is 2. The van der Waals surface area contributed by atoms with E-state index in [4.69, 9.17) is 0 Å². The number of unbranched alkanes of at least 4 members (excludes halogenated alkanes) is 16. The van der Waals surface area contributed by atoms with Gasteiger partial charge in [0.15, 0.2) is 0 Å². The molecule has 0 aliphatic rings. The Morgan fingerprint density at radius 1 is 0.742 bits per heavy atom. The fourth-order valence-electron chi connectivity index (χ4n) is 3.87. The van der Waals surface area contributed by atoms with E-state index in [1.165, 1.54) is 83.5 Å². The van der Waals surface area contributed by atoms with Crippen LogP contribution in [-0.2, 0) is 4.79 Å². The van der Waals surface area contributed by atoms with Gasteiger partial charge in [-0.15, -0.1) is 0 Å². The van der Waals surface area contributed by atoms with Crippen LogP contribution in [0.2, 0.25) is 0 Å². The molecule has 0 spiro atoms. The molecule has 4 heteroatoms. The van der Waals surface area contributed by atoms with Crippen molar-refractivity contribution in [1.82, 2.24) is 5.32 Å². The van der Waals surface area contributed by atoms with Crippen molar-refractivity contribution in [2.75, 3.05) is 6.61 Å². The quantitative estimate of drug-likeness (QED) is 0.121. The van der Waals surface area contributed by atoms with Crippen molar-refractivity contribution in [2.45, 2.75) is 148 Å². The zero-order valence-corrected chi connectivity index (χ0v) is 20.8. The van der Waals surface area contributed by atoms with E-state index < -0.39 is 12.1 Å². The molecule has 184 valence electrons. The molecule has 0 aromatic carbocycles. The van der Waals surface area contributed by atoms with Gasteiger partial charge in [0.05, 0.1) is 18.8 Å². The minimum Gasteiger partial charge on any atom is -0.394 e. The maximum atomic E-state index is 12.1. The van der Waals surface area contributed by atoms with Crippen LogP contribution in [-0.4, -0.2) is 34.9 Å². The van der Waals surface area contributed by atoms with Crippen LogP contribution in [0, 0.1) is 0 Å². The minimum atomic E-state index is -0.827. The van der Waals surface area contributed by atoms with Crippen LogP contribution in [0.15, 0.2) is 12.2 Å². The molecule has 0 radical (unpaired) electrons. The Morgan fingerprint density at radius 2 is 1.19 bits per heavy atom. The van der Waals surface area contributed by atoms with Crippen LogP contribution in [0.5, 0.6) is 0 Å². The van der Waals surface area contributed by atoms with Crippen molar-refractivity contribution in [3.8, 4) is 0 Å². The van der Waals surface area contributed by atoms with Gasteiger partial charge in [-0.2, -0.15) is 0 Å². The standard InChI is InChI=1S/C27H53NO3/c1-3-5-7-9-10-11-12-13-14-15-16-17-18-19-21-23-27(31)28-25(24-29)26(30)22-20-8-6-4-2/h20,22,25-26,29-30H,3-19,21,23-24H2,1-2H3,(H,28,31)/b22-20+. The lowest BCUT2D eigenvalue weighted by molar-refractivity contribution is -0.123. The third kappa shape index (κ3) is 20.8. The maximum absolute atomic E-state index is 12.1. The Labute approximate surface area is 193 Å². The highest BCUT2D eigenvalue weighted by atomic mass is 16.3. The SMILES string of the molecule is CCCC/C=C/C(O)C(CO)NC(=O)CCCCCCCCCCCCCCCCC. The van der Waals surface area contributed by atoms with E-state index in [0.29, 0.717) is 6.42 Å². The topological polar surface area (TPSA) is 69.6 Å². The average Bonchev–Trinajstić information content (AvgIpc) is 2.77. The number of allylic oxidation sites excluding steroid dienone is 1. The first-order valence-corrected chi connectivity index (χ1v) is 13.4. The van der Waals surface area contributed by atoms with Gasteiger partial charge in [0.25, 0.3) is 0 Å². The normalized spacial score (nSPS) is 13.5. The summed E-state index contributed by atoms with van der Waals surface area (Å²) in [5, 5.41) is 22.3. The predicted molar refractivity (Wildman–Crippen MR) is 133 cm³/mol. The van der Waals surface area contributed by atoms with E-state index >= 15 is 0 Å². The zero-order valence-electron chi connectivity index (χ0n) is 20.8. The number of carbonyl (C=O) groups is 1. The molecule has 0 aromatic rings. The number of nitrogens with one attached hydrogen (secondary N) is 1. The lowest BCUT2D eigenvalue weighted by Gasteiger charge is -2.19. The number of hydrogen-bond donors (Lipinski definition) is 3. The molecule has 0 heterocycles. The number of aliphatic hydroxyl groups is 2. The molecule has 0 aromatic heterocycles. The number of amides is 1. The fraction of sp³-hybridized carbons (Fsp3) is 0.889. The first-order valence-electron chi connectivity index (χ1n) is 13.4. The summed E-state index contributed by atoms with van der Waals surface area (Å²) >= 11 is 0. The molecule has 31 heavy (non-hydrogen) atoms. The summed E-state index contributed by atoms with van der Waals surface area (Å²) in [6.45, 7) is 4.15. The molecule has 0 aliphatic heterocycles. The van der Waals surface area contributed by atoms with Crippen molar-refractivity contribution in [2.24, 2.45) is 0 Å². The molecule has 0 saturated carbocycles. The Balaban J connectivity index is 3.53. The largest absolute Gasteiger partial charge is 0.394 e. The summed E-state index contributed by atoms with van der Waals surface area (Å²) in [5.41, 5.74) is 0. The first kappa shape index (κ1) is 30.1. The minimum absolute atomic E-state index is 0.0743. The highest BCUT2D eigenvalue weighted by molar-refractivity contribution is 5.76. The molecule has 4 nitrogen and oxygen atoms in total. The predicted octanol–water partition coefficient (Wildman–Crippen LogP) is 6.83. The van der Waals surface area contributed by atoms with E-state index in [1.807, 2.05) is 6.08 Å². The molecule has 1 amide bonds. The fourth-order valence-corrected chi connectivity index (χ4v) is 3.87. The molecule has 0 saturated heterocycles. The summed E-state index contributed by atoms with van der Waals surface area (Å²) in [6, 6.07) is -0.610. The van der Waals surface area contributed by atoms with Crippen molar-refractivity contribution < 1.29 is 15.0 Å². The molecule has 2 unspecified atom stereocenters. The van der Waals surface area contributed by atoms with Crippen LogP contribution < -0.4 is 5.32 Å². The van der Waals surface area contributed by atoms with E-state index in [-0.39, 0.29) is 12.5 Å². The summed E-state index contributed by atoms with van der Waals surface area (Å²) in [5.74, 6) is -0.0743. The molecule has 3 N–H and O–H groups in total. The Hall–Kier alpha value is -0.870. The highest BCUT2D eigenvalue weighted by Crippen LogP contribution is 2.13. The summed E-state index contributed by atoms with van der Waals surface area (Å²) in [7, 11) is 0. The second-order valence-electron chi connectivity index (χ2n) is 9.12. The van der Waals surface area contributed by atoms with Crippen LogP contribution in [0.25, 0.3) is 0 Å². The van der Waals surface area contributed by atoms with Gasteiger partial charge in [-0.05, 0) is 12.8 Å². The lowest BCUT2D eigenvalue weighted by Crippen LogP contribution is -2.45. The summed E-state index contributed by atoms with van der Waals surface area (Å²) in [4.78, 5) is 12.1. The molecule has 2 atom stereocenters. The van der Waals surface area contributed by atoms with E-state index in [0.717, 1.165) is 32.1 Å². The van der Waals surface area contributed by atoms with Crippen LogP contribution in [0.1, 0.15) is 136 Å². The van der Waals surface area contributed by atoms with Crippen LogP contribution >= 0.6 is 0 Å². The number of carbonyl (C=O) groups excluding carboxylic acids is 1. The molecular weight excluding hydrogens is 386 g/mol. The lowest BCUT2D eigenvalue weighted by atomic mass is 10.0. The van der Waals surface area contributed by atoms with Crippen molar-refractivity contribution in [1.29, 1.82) is 0 Å². The van der Waals surface area contributed by atoms with Gasteiger partial charge in [-0.25, -0.2) is 0 Å². The zero-order chi connectivity index (χ0) is 23.0. The van der Waals surface area contributed by atoms with Gasteiger partial charge < -0.3 is 15.5 Å². The maximum Gasteiger partial charge on any atom is 0.220 e. The van der Waals surface area contributed by atoms with Crippen molar-refractivity contribution in [3.05, 3.63) is 12.2 Å². The number of hydrogen-bond acceptors (Lipinski definition) is 3. The van der Waals surface area contributed by atoms with E-state index in [9.17, 15) is 15.0 Å². The second-order valence-corrected chi connectivity index (χ2v) is 9.12. The second kappa shape index (κ2) is 23.8. The molecular formula is C27H53NO3. The van der Waals surface area contributed by atoms with Gasteiger partial charge in [-0.3, -0.25) is 4.79 Å². The number of rotatable bonds is 23. The molecule has 0 fully saturated rings.